The van der Waals surface area contributed by atoms with Gasteiger partial charge in [0.25, 0.3) is 5.91 Å². The molecule has 4 rings (SSSR count). The molecule has 0 spiro atoms. The number of thioether (sulfide) groups is 1. The van der Waals surface area contributed by atoms with Gasteiger partial charge in [0.2, 0.25) is 10.0 Å². The highest BCUT2D eigenvalue weighted by Crippen LogP contribution is 2.39. The smallest absolute Gasteiger partial charge is 0.255 e. The van der Waals surface area contributed by atoms with E-state index in [-0.39, 0.29) is 10.8 Å². The Kier molecular flexibility index (Phi) is 6.45. The standard InChI is InChI=1S/C22H26N2O5S2/c1-15-7-9-24(10-8-15)31(26,27)17-5-3-16(4-6-17)22(25)23-18-13-19-20(14-21(18)30-2)29-12-11-28-19/h3-6,13-15H,7-12H2,1-2H3,(H,23,25). The van der Waals surface area contributed by atoms with Crippen molar-refractivity contribution in [2.45, 2.75) is 29.6 Å². The van der Waals surface area contributed by atoms with E-state index in [9.17, 15) is 13.2 Å². The molecular weight excluding hydrogens is 436 g/mol. The fraction of sp³-hybridized carbons (Fsp3) is 0.409. The summed E-state index contributed by atoms with van der Waals surface area (Å²) in [6, 6.07) is 9.71. The Bertz CT molecular complexity index is 1060. The van der Waals surface area contributed by atoms with E-state index in [4.69, 9.17) is 9.47 Å². The van der Waals surface area contributed by atoms with Crippen LogP contribution in [0.1, 0.15) is 30.1 Å². The molecule has 0 aromatic heterocycles. The number of fused-ring (bicyclic) bond motifs is 1. The maximum Gasteiger partial charge on any atom is 0.255 e. The van der Waals surface area contributed by atoms with Gasteiger partial charge in [-0.15, -0.1) is 11.8 Å². The van der Waals surface area contributed by atoms with Gasteiger partial charge in [-0.2, -0.15) is 4.31 Å². The summed E-state index contributed by atoms with van der Waals surface area (Å²) < 4.78 is 38.5. The highest BCUT2D eigenvalue weighted by molar-refractivity contribution is 7.98. The summed E-state index contributed by atoms with van der Waals surface area (Å²) in [6.07, 6.45) is 3.65. The van der Waals surface area contributed by atoms with Crippen LogP contribution in [0, 0.1) is 5.92 Å². The van der Waals surface area contributed by atoms with E-state index in [0.29, 0.717) is 55.0 Å². The fourth-order valence-corrected chi connectivity index (χ4v) is 5.71. The van der Waals surface area contributed by atoms with Crippen molar-refractivity contribution >= 4 is 33.4 Å². The van der Waals surface area contributed by atoms with Crippen LogP contribution in [0.5, 0.6) is 11.5 Å². The van der Waals surface area contributed by atoms with E-state index < -0.39 is 10.0 Å². The first kappa shape index (κ1) is 22.0. The molecular formula is C22H26N2O5S2. The monoisotopic (exact) mass is 462 g/mol. The van der Waals surface area contributed by atoms with Crippen molar-refractivity contribution in [3.05, 3.63) is 42.0 Å². The Labute approximate surface area is 187 Å². The molecule has 31 heavy (non-hydrogen) atoms. The Hall–Kier alpha value is -2.23. The van der Waals surface area contributed by atoms with Crippen molar-refractivity contribution in [2.75, 3.05) is 37.9 Å². The molecule has 0 unspecified atom stereocenters. The molecule has 2 aromatic rings. The Morgan fingerprint density at radius 1 is 1.06 bits per heavy atom. The normalized spacial score (nSPS) is 17.4. The molecule has 166 valence electrons. The predicted molar refractivity (Wildman–Crippen MR) is 121 cm³/mol. The van der Waals surface area contributed by atoms with Gasteiger partial charge in [0.1, 0.15) is 13.2 Å². The number of carbonyl (C=O) groups excluding carboxylic acids is 1. The second-order valence-electron chi connectivity index (χ2n) is 7.76. The van der Waals surface area contributed by atoms with Gasteiger partial charge in [-0.05, 0) is 55.3 Å². The average Bonchev–Trinajstić information content (AvgIpc) is 2.79. The zero-order chi connectivity index (χ0) is 22.0. The molecule has 2 aliphatic rings. The minimum Gasteiger partial charge on any atom is -0.486 e. The number of nitrogens with one attached hydrogen (secondary N) is 1. The summed E-state index contributed by atoms with van der Waals surface area (Å²) in [7, 11) is -3.54. The fourth-order valence-electron chi connectivity index (χ4n) is 3.68. The number of anilines is 1. The summed E-state index contributed by atoms with van der Waals surface area (Å²) in [4.78, 5) is 13.9. The van der Waals surface area contributed by atoms with Gasteiger partial charge in [-0.25, -0.2) is 8.42 Å². The quantitative estimate of drug-likeness (QED) is 0.680. The van der Waals surface area contributed by atoms with Crippen molar-refractivity contribution in [2.24, 2.45) is 5.92 Å². The highest BCUT2D eigenvalue weighted by atomic mass is 32.2. The number of hydrogen-bond donors (Lipinski definition) is 1. The number of amides is 1. The van der Waals surface area contributed by atoms with Crippen LogP contribution in [0.3, 0.4) is 0 Å². The molecule has 2 aliphatic heterocycles. The lowest BCUT2D eigenvalue weighted by Crippen LogP contribution is -2.37. The SMILES string of the molecule is CSc1cc2c(cc1NC(=O)c1ccc(S(=O)(=O)N3CCC(C)CC3)cc1)OCCO2. The van der Waals surface area contributed by atoms with Crippen LogP contribution in [0.25, 0.3) is 0 Å². The molecule has 1 fully saturated rings. The van der Waals surface area contributed by atoms with Crippen LogP contribution in [-0.4, -0.2) is 51.2 Å². The molecule has 0 bridgehead atoms. The summed E-state index contributed by atoms with van der Waals surface area (Å²) >= 11 is 1.49. The Morgan fingerprint density at radius 3 is 2.29 bits per heavy atom. The van der Waals surface area contributed by atoms with E-state index in [1.54, 1.807) is 18.2 Å². The van der Waals surface area contributed by atoms with E-state index in [1.165, 1.54) is 28.2 Å². The van der Waals surface area contributed by atoms with Crippen LogP contribution < -0.4 is 14.8 Å². The van der Waals surface area contributed by atoms with E-state index in [2.05, 4.69) is 12.2 Å². The van der Waals surface area contributed by atoms with Crippen molar-refractivity contribution in [3.8, 4) is 11.5 Å². The molecule has 0 radical (unpaired) electrons. The van der Waals surface area contributed by atoms with Gasteiger partial charge >= 0.3 is 0 Å². The molecule has 0 saturated carbocycles. The number of carbonyl (C=O) groups is 1. The van der Waals surface area contributed by atoms with Gasteiger partial charge in [-0.1, -0.05) is 6.92 Å². The molecule has 1 amide bonds. The van der Waals surface area contributed by atoms with Gasteiger partial charge in [0, 0.05) is 29.6 Å². The number of piperidine rings is 1. The molecule has 0 atom stereocenters. The third kappa shape index (κ3) is 4.68. The summed E-state index contributed by atoms with van der Waals surface area (Å²) in [5.41, 5.74) is 1.01. The van der Waals surface area contributed by atoms with E-state index in [1.807, 2.05) is 12.3 Å². The largest absolute Gasteiger partial charge is 0.486 e. The van der Waals surface area contributed by atoms with Crippen molar-refractivity contribution in [1.82, 2.24) is 4.31 Å². The third-order valence-corrected chi connectivity index (χ3v) is 8.30. The van der Waals surface area contributed by atoms with Gasteiger partial charge in [-0.3, -0.25) is 4.79 Å². The Balaban J connectivity index is 1.50. The number of rotatable bonds is 5. The van der Waals surface area contributed by atoms with Gasteiger partial charge in [0.15, 0.2) is 11.5 Å². The van der Waals surface area contributed by atoms with Gasteiger partial charge in [0.05, 0.1) is 10.6 Å². The van der Waals surface area contributed by atoms with Crippen molar-refractivity contribution < 1.29 is 22.7 Å². The summed E-state index contributed by atoms with van der Waals surface area (Å²) in [6.45, 7) is 4.17. The number of hydrogen-bond acceptors (Lipinski definition) is 6. The van der Waals surface area contributed by atoms with Crippen LogP contribution in [0.2, 0.25) is 0 Å². The lowest BCUT2D eigenvalue weighted by Gasteiger charge is -2.29. The number of sulfonamides is 1. The molecule has 1 N–H and O–H groups in total. The number of ether oxygens (including phenoxy) is 2. The molecule has 2 aromatic carbocycles. The zero-order valence-corrected chi connectivity index (χ0v) is 19.2. The maximum atomic E-state index is 12.9. The first-order valence-electron chi connectivity index (χ1n) is 10.3. The molecule has 9 heteroatoms. The first-order chi connectivity index (χ1) is 14.9. The Morgan fingerprint density at radius 2 is 1.68 bits per heavy atom. The number of benzene rings is 2. The second-order valence-corrected chi connectivity index (χ2v) is 10.5. The summed E-state index contributed by atoms with van der Waals surface area (Å²) in [5.74, 6) is 1.49. The van der Waals surface area contributed by atoms with E-state index >= 15 is 0 Å². The van der Waals surface area contributed by atoms with Crippen LogP contribution in [-0.2, 0) is 10.0 Å². The minimum atomic E-state index is -3.54. The van der Waals surface area contributed by atoms with E-state index in [0.717, 1.165) is 17.7 Å². The number of nitrogens with zero attached hydrogens (tertiary/aromatic N) is 1. The third-order valence-electron chi connectivity index (χ3n) is 5.61. The molecule has 1 saturated heterocycles. The molecule has 7 nitrogen and oxygen atoms in total. The molecule has 0 aliphatic carbocycles. The first-order valence-corrected chi connectivity index (χ1v) is 12.9. The van der Waals surface area contributed by atoms with Crippen LogP contribution in [0.15, 0.2) is 46.2 Å². The van der Waals surface area contributed by atoms with Gasteiger partial charge < -0.3 is 14.8 Å². The average molecular weight is 463 g/mol. The highest BCUT2D eigenvalue weighted by Gasteiger charge is 2.28. The van der Waals surface area contributed by atoms with Crippen molar-refractivity contribution in [3.63, 3.8) is 0 Å². The summed E-state index contributed by atoms with van der Waals surface area (Å²) in [5, 5.41) is 2.90. The lowest BCUT2D eigenvalue weighted by molar-refractivity contribution is 0.102. The van der Waals surface area contributed by atoms with Crippen LogP contribution >= 0.6 is 11.8 Å². The van der Waals surface area contributed by atoms with Crippen molar-refractivity contribution in [1.29, 1.82) is 0 Å². The lowest BCUT2D eigenvalue weighted by atomic mass is 10.0. The minimum absolute atomic E-state index is 0.211. The molecule has 2 heterocycles. The predicted octanol–water partition coefficient (Wildman–Crippen LogP) is 3.85. The topological polar surface area (TPSA) is 84.9 Å². The maximum absolute atomic E-state index is 12.9. The second kappa shape index (κ2) is 9.10. The van der Waals surface area contributed by atoms with Crippen LogP contribution in [0.4, 0.5) is 5.69 Å². The zero-order valence-electron chi connectivity index (χ0n) is 17.6.